The third kappa shape index (κ3) is 2.82. The van der Waals surface area contributed by atoms with Crippen molar-refractivity contribution in [3.8, 4) is 0 Å². The molecule has 3 aromatic rings. The van der Waals surface area contributed by atoms with E-state index < -0.39 is 5.97 Å². The highest BCUT2D eigenvalue weighted by molar-refractivity contribution is 7.17. The van der Waals surface area contributed by atoms with Gasteiger partial charge in [-0.15, -0.1) is 11.3 Å². The fraction of sp³-hybridized carbons (Fsp3) is 0.353. The monoisotopic (exact) mass is 360 g/mol. The number of carbonyl (C=O) groups excluding carboxylic acids is 2. The van der Waals surface area contributed by atoms with Crippen LogP contribution in [0.25, 0.3) is 10.2 Å². The summed E-state index contributed by atoms with van der Waals surface area (Å²) in [4.78, 5) is 24.9. The number of carbonyl (C=O) groups is 2. The molecule has 25 heavy (non-hydrogen) atoms. The van der Waals surface area contributed by atoms with Crippen LogP contribution >= 0.6 is 11.3 Å². The number of esters is 1. The van der Waals surface area contributed by atoms with Crippen molar-refractivity contribution in [2.75, 3.05) is 12.4 Å². The smallest absolute Gasteiger partial charge is 0.358 e. The lowest BCUT2D eigenvalue weighted by Crippen LogP contribution is -2.20. The second-order valence-electron chi connectivity index (χ2n) is 6.04. The highest BCUT2D eigenvalue weighted by Gasteiger charge is 2.25. The average Bonchev–Trinajstić information content (AvgIpc) is 3.19. The minimum atomic E-state index is -0.543. The SMILES string of the molecule is COC(=O)c1c(NC(=O)c2cc3sccc3n2C(C)C)c(C)nn1C. The van der Waals surface area contributed by atoms with E-state index in [1.807, 2.05) is 35.9 Å². The summed E-state index contributed by atoms with van der Waals surface area (Å²) in [5, 5.41) is 9.06. The van der Waals surface area contributed by atoms with Crippen molar-refractivity contribution in [2.45, 2.75) is 26.8 Å². The van der Waals surface area contributed by atoms with Crippen LogP contribution in [0.4, 0.5) is 5.69 Å². The Morgan fingerprint density at radius 2 is 2.08 bits per heavy atom. The molecule has 1 amide bonds. The Bertz CT molecular complexity index is 964. The minimum Gasteiger partial charge on any atom is -0.464 e. The van der Waals surface area contributed by atoms with E-state index in [1.165, 1.54) is 11.8 Å². The molecule has 0 aliphatic carbocycles. The molecule has 0 saturated carbocycles. The van der Waals surface area contributed by atoms with E-state index in [0.717, 1.165) is 10.2 Å². The molecule has 0 aliphatic rings. The molecule has 132 valence electrons. The first kappa shape index (κ1) is 17.2. The van der Waals surface area contributed by atoms with Gasteiger partial charge in [0.15, 0.2) is 5.69 Å². The second-order valence-corrected chi connectivity index (χ2v) is 6.99. The predicted molar refractivity (Wildman–Crippen MR) is 97.4 cm³/mol. The number of nitrogens with one attached hydrogen (secondary N) is 1. The van der Waals surface area contributed by atoms with Crippen molar-refractivity contribution in [2.24, 2.45) is 7.05 Å². The summed E-state index contributed by atoms with van der Waals surface area (Å²) >= 11 is 1.59. The number of fused-ring (bicyclic) bond motifs is 1. The van der Waals surface area contributed by atoms with Crippen molar-refractivity contribution < 1.29 is 14.3 Å². The number of methoxy groups -OCH3 is 1. The number of rotatable bonds is 4. The Kier molecular flexibility index (Phi) is 4.38. The van der Waals surface area contributed by atoms with Crippen LogP contribution in [0.1, 0.15) is 46.6 Å². The van der Waals surface area contributed by atoms with Crippen molar-refractivity contribution in [3.05, 3.63) is 34.6 Å². The van der Waals surface area contributed by atoms with Crippen molar-refractivity contribution >= 4 is 39.1 Å². The number of amides is 1. The first-order valence-electron chi connectivity index (χ1n) is 7.86. The van der Waals surface area contributed by atoms with Crippen molar-refractivity contribution in [3.63, 3.8) is 0 Å². The zero-order chi connectivity index (χ0) is 18.3. The highest BCUT2D eigenvalue weighted by atomic mass is 32.1. The fourth-order valence-corrected chi connectivity index (χ4v) is 3.80. The van der Waals surface area contributed by atoms with Crippen LogP contribution in [0.5, 0.6) is 0 Å². The lowest BCUT2D eigenvalue weighted by atomic mass is 10.2. The maximum absolute atomic E-state index is 12.9. The molecule has 1 N–H and O–H groups in total. The number of hydrogen-bond donors (Lipinski definition) is 1. The van der Waals surface area contributed by atoms with Crippen LogP contribution in [0.3, 0.4) is 0 Å². The van der Waals surface area contributed by atoms with Gasteiger partial charge in [-0.2, -0.15) is 5.10 Å². The number of aryl methyl sites for hydroxylation is 2. The first-order valence-corrected chi connectivity index (χ1v) is 8.74. The van der Waals surface area contributed by atoms with Gasteiger partial charge in [0.1, 0.15) is 5.69 Å². The molecular formula is C17H20N4O3S. The van der Waals surface area contributed by atoms with Crippen LogP contribution in [-0.2, 0) is 11.8 Å². The zero-order valence-corrected chi connectivity index (χ0v) is 15.6. The largest absolute Gasteiger partial charge is 0.464 e. The van der Waals surface area contributed by atoms with Gasteiger partial charge in [-0.1, -0.05) is 0 Å². The number of thiophene rings is 1. The molecule has 0 radical (unpaired) electrons. The van der Waals surface area contributed by atoms with Crippen LogP contribution < -0.4 is 5.32 Å². The molecule has 0 aromatic carbocycles. The number of nitrogens with zero attached hydrogens (tertiary/aromatic N) is 3. The van der Waals surface area contributed by atoms with E-state index in [4.69, 9.17) is 4.74 Å². The van der Waals surface area contributed by atoms with Gasteiger partial charge in [-0.3, -0.25) is 9.48 Å². The molecule has 0 spiro atoms. The maximum Gasteiger partial charge on any atom is 0.358 e. The molecule has 0 saturated heterocycles. The van der Waals surface area contributed by atoms with Gasteiger partial charge in [0, 0.05) is 13.1 Å². The van der Waals surface area contributed by atoms with E-state index >= 15 is 0 Å². The Balaban J connectivity index is 2.03. The summed E-state index contributed by atoms with van der Waals surface area (Å²) < 4.78 is 9.26. The van der Waals surface area contributed by atoms with Gasteiger partial charge >= 0.3 is 5.97 Å². The van der Waals surface area contributed by atoms with Gasteiger partial charge in [0.25, 0.3) is 5.91 Å². The lowest BCUT2D eigenvalue weighted by Gasteiger charge is -2.14. The summed E-state index contributed by atoms with van der Waals surface area (Å²) in [7, 11) is 2.94. The molecule has 3 rings (SSSR count). The summed E-state index contributed by atoms with van der Waals surface area (Å²) in [6.45, 7) is 5.80. The Morgan fingerprint density at radius 1 is 1.36 bits per heavy atom. The first-order chi connectivity index (χ1) is 11.8. The molecule has 0 fully saturated rings. The molecular weight excluding hydrogens is 340 g/mol. The molecule has 3 aromatic heterocycles. The number of aromatic nitrogens is 3. The van der Waals surface area contributed by atoms with E-state index in [0.29, 0.717) is 17.1 Å². The predicted octanol–water partition coefficient (Wildman–Crippen LogP) is 3.36. The van der Waals surface area contributed by atoms with Crippen LogP contribution in [0, 0.1) is 6.92 Å². The van der Waals surface area contributed by atoms with Crippen LogP contribution in [0.15, 0.2) is 17.5 Å². The molecule has 3 heterocycles. The average molecular weight is 360 g/mol. The van der Waals surface area contributed by atoms with E-state index in [9.17, 15) is 9.59 Å². The normalized spacial score (nSPS) is 11.3. The third-order valence-electron chi connectivity index (χ3n) is 4.05. The van der Waals surface area contributed by atoms with Crippen LogP contribution in [0.2, 0.25) is 0 Å². The summed E-state index contributed by atoms with van der Waals surface area (Å²) in [5.74, 6) is -0.822. The maximum atomic E-state index is 12.9. The molecule has 8 heteroatoms. The number of anilines is 1. The molecule has 0 aliphatic heterocycles. The molecule has 0 unspecified atom stereocenters. The third-order valence-corrected chi connectivity index (χ3v) is 4.90. The number of ether oxygens (including phenoxy) is 1. The molecule has 0 atom stereocenters. The summed E-state index contributed by atoms with van der Waals surface area (Å²) in [6, 6.07) is 4.01. The van der Waals surface area contributed by atoms with E-state index in [1.54, 1.807) is 25.3 Å². The van der Waals surface area contributed by atoms with Crippen molar-refractivity contribution in [1.82, 2.24) is 14.3 Å². The molecule has 7 nitrogen and oxygen atoms in total. The quantitative estimate of drug-likeness (QED) is 0.724. The second kappa shape index (κ2) is 6.36. The standard InChI is InChI=1S/C17H20N4O3S/c1-9(2)21-11-6-7-25-13(11)8-12(21)16(22)18-14-10(3)19-20(4)15(14)17(23)24-5/h6-9H,1-5H3,(H,18,22). The van der Waals surface area contributed by atoms with Gasteiger partial charge < -0.3 is 14.6 Å². The zero-order valence-electron chi connectivity index (χ0n) is 14.8. The topological polar surface area (TPSA) is 78.2 Å². The lowest BCUT2D eigenvalue weighted by molar-refractivity contribution is 0.0589. The van der Waals surface area contributed by atoms with Crippen LogP contribution in [-0.4, -0.2) is 33.3 Å². The number of hydrogen-bond acceptors (Lipinski definition) is 5. The van der Waals surface area contributed by atoms with Crippen molar-refractivity contribution in [1.29, 1.82) is 0 Å². The highest BCUT2D eigenvalue weighted by Crippen LogP contribution is 2.29. The summed E-state index contributed by atoms with van der Waals surface area (Å²) in [5.41, 5.74) is 2.73. The summed E-state index contributed by atoms with van der Waals surface area (Å²) in [6.07, 6.45) is 0. The fourth-order valence-electron chi connectivity index (χ4n) is 2.99. The van der Waals surface area contributed by atoms with Gasteiger partial charge in [-0.25, -0.2) is 4.79 Å². The van der Waals surface area contributed by atoms with E-state index in [-0.39, 0.29) is 17.6 Å². The Morgan fingerprint density at radius 3 is 2.72 bits per heavy atom. The van der Waals surface area contributed by atoms with Gasteiger partial charge in [0.2, 0.25) is 0 Å². The Hall–Kier alpha value is -2.61. The van der Waals surface area contributed by atoms with Gasteiger partial charge in [0.05, 0.1) is 28.7 Å². The van der Waals surface area contributed by atoms with E-state index in [2.05, 4.69) is 10.4 Å². The minimum absolute atomic E-state index is 0.128. The molecule has 0 bridgehead atoms. The van der Waals surface area contributed by atoms with Gasteiger partial charge in [-0.05, 0) is 38.3 Å². The Labute approximate surface area is 149 Å².